The van der Waals surface area contributed by atoms with Gasteiger partial charge in [0.2, 0.25) is 0 Å². The molecule has 2 saturated heterocycles. The molecule has 0 saturated carbocycles. The van der Waals surface area contributed by atoms with E-state index < -0.39 is 0 Å². The van der Waals surface area contributed by atoms with Crippen molar-refractivity contribution in [3.8, 4) is 0 Å². The Morgan fingerprint density at radius 1 is 1.00 bits per heavy atom. The average Bonchev–Trinajstić information content (AvgIpc) is 3.01. The van der Waals surface area contributed by atoms with Gasteiger partial charge in [-0.15, -0.1) is 0 Å². The molecule has 2 fully saturated rings. The Hall–Kier alpha value is -0.200. The molecule has 2 heterocycles. The van der Waals surface area contributed by atoms with E-state index in [0.717, 1.165) is 26.4 Å². The van der Waals surface area contributed by atoms with Gasteiger partial charge in [0.05, 0.1) is 26.4 Å². The van der Waals surface area contributed by atoms with Crippen LogP contribution in [-0.4, -0.2) is 62.1 Å². The monoisotopic (exact) mass is 206 g/mol. The fourth-order valence-electron chi connectivity index (χ4n) is 0.730. The Morgan fingerprint density at radius 2 is 1.43 bits per heavy atom. The lowest BCUT2D eigenvalue weighted by atomic mass is 10.5. The van der Waals surface area contributed by atoms with Crippen LogP contribution in [-0.2, 0) is 14.2 Å². The molecule has 2 aliphatic rings. The van der Waals surface area contributed by atoms with E-state index in [0.29, 0.717) is 18.6 Å². The van der Waals surface area contributed by atoms with Gasteiger partial charge < -0.3 is 24.4 Å². The van der Waals surface area contributed by atoms with Crippen molar-refractivity contribution in [2.75, 3.05) is 39.6 Å². The first-order valence-electron chi connectivity index (χ1n) is 4.89. The van der Waals surface area contributed by atoms with E-state index in [2.05, 4.69) is 0 Å². The molecular weight excluding hydrogens is 188 g/mol. The SMILES string of the molecule is C(OCC1CO1)C1CO1.OCCCO. The van der Waals surface area contributed by atoms with E-state index in [4.69, 9.17) is 24.4 Å². The van der Waals surface area contributed by atoms with Gasteiger partial charge in [-0.1, -0.05) is 0 Å². The molecule has 0 radical (unpaired) electrons. The molecule has 0 aromatic heterocycles. The Kier molecular flexibility index (Phi) is 6.05. The lowest BCUT2D eigenvalue weighted by Gasteiger charge is -1.95. The fourth-order valence-corrected chi connectivity index (χ4v) is 0.730. The molecule has 5 heteroatoms. The van der Waals surface area contributed by atoms with Crippen LogP contribution in [0, 0.1) is 0 Å². The molecule has 0 amide bonds. The minimum atomic E-state index is 0.0938. The Morgan fingerprint density at radius 3 is 1.64 bits per heavy atom. The molecule has 0 aliphatic carbocycles. The van der Waals surface area contributed by atoms with Crippen LogP contribution in [0.25, 0.3) is 0 Å². The molecule has 0 bridgehead atoms. The third-order valence-electron chi connectivity index (χ3n) is 1.73. The van der Waals surface area contributed by atoms with Crippen molar-refractivity contribution in [1.82, 2.24) is 0 Å². The predicted octanol–water partition coefficient (Wildman–Crippen LogP) is -0.838. The van der Waals surface area contributed by atoms with E-state index in [1.165, 1.54) is 0 Å². The number of epoxide rings is 2. The number of ether oxygens (including phenoxy) is 3. The number of hydrogen-bond donors (Lipinski definition) is 2. The van der Waals surface area contributed by atoms with Gasteiger partial charge >= 0.3 is 0 Å². The summed E-state index contributed by atoms with van der Waals surface area (Å²) in [4.78, 5) is 0. The van der Waals surface area contributed by atoms with Gasteiger partial charge in [-0.05, 0) is 6.42 Å². The maximum Gasteiger partial charge on any atom is 0.104 e. The third-order valence-corrected chi connectivity index (χ3v) is 1.73. The summed E-state index contributed by atoms with van der Waals surface area (Å²) in [6, 6.07) is 0. The second-order valence-electron chi connectivity index (χ2n) is 3.25. The second kappa shape index (κ2) is 7.14. The summed E-state index contributed by atoms with van der Waals surface area (Å²) < 4.78 is 15.1. The minimum Gasteiger partial charge on any atom is -0.396 e. The zero-order valence-electron chi connectivity index (χ0n) is 8.22. The third kappa shape index (κ3) is 7.23. The number of hydrogen-bond acceptors (Lipinski definition) is 5. The van der Waals surface area contributed by atoms with Crippen molar-refractivity contribution < 1.29 is 24.4 Å². The molecule has 2 aliphatic heterocycles. The molecule has 0 aromatic rings. The molecule has 84 valence electrons. The second-order valence-corrected chi connectivity index (χ2v) is 3.25. The summed E-state index contributed by atoms with van der Waals surface area (Å²) in [6.45, 7) is 3.45. The van der Waals surface area contributed by atoms with Gasteiger partial charge in [0.15, 0.2) is 0 Å². The first kappa shape index (κ1) is 11.9. The van der Waals surface area contributed by atoms with Crippen molar-refractivity contribution in [1.29, 1.82) is 0 Å². The maximum atomic E-state index is 7.91. The predicted molar refractivity (Wildman–Crippen MR) is 49.1 cm³/mol. The summed E-state index contributed by atoms with van der Waals surface area (Å²) in [5.41, 5.74) is 0. The van der Waals surface area contributed by atoms with Gasteiger partial charge in [0.25, 0.3) is 0 Å². The highest BCUT2D eigenvalue weighted by Gasteiger charge is 2.26. The normalized spacial score (nSPS) is 27.9. The molecule has 2 atom stereocenters. The van der Waals surface area contributed by atoms with Crippen LogP contribution in [0.2, 0.25) is 0 Å². The Bertz CT molecular complexity index is 119. The Balaban J connectivity index is 0.000000171. The first-order valence-corrected chi connectivity index (χ1v) is 4.89. The minimum absolute atomic E-state index is 0.0938. The zero-order chi connectivity index (χ0) is 10.2. The summed E-state index contributed by atoms with van der Waals surface area (Å²) >= 11 is 0. The van der Waals surface area contributed by atoms with Crippen LogP contribution in [0.15, 0.2) is 0 Å². The Labute approximate surface area is 83.6 Å². The van der Waals surface area contributed by atoms with Crippen molar-refractivity contribution in [2.45, 2.75) is 18.6 Å². The largest absolute Gasteiger partial charge is 0.396 e. The smallest absolute Gasteiger partial charge is 0.104 e. The van der Waals surface area contributed by atoms with Gasteiger partial charge in [0, 0.05) is 13.2 Å². The van der Waals surface area contributed by atoms with E-state index >= 15 is 0 Å². The highest BCUT2D eigenvalue weighted by Crippen LogP contribution is 2.12. The molecular formula is C9H18O5. The quantitative estimate of drug-likeness (QED) is 0.554. The summed E-state index contributed by atoms with van der Waals surface area (Å²) in [6.07, 6.45) is 1.28. The maximum absolute atomic E-state index is 7.91. The highest BCUT2D eigenvalue weighted by molar-refractivity contribution is 4.71. The number of rotatable bonds is 6. The van der Waals surface area contributed by atoms with E-state index in [-0.39, 0.29) is 13.2 Å². The van der Waals surface area contributed by atoms with Gasteiger partial charge in [-0.3, -0.25) is 0 Å². The van der Waals surface area contributed by atoms with Crippen molar-refractivity contribution in [3.63, 3.8) is 0 Å². The standard InChI is InChI=1S/C6H10O3.C3H8O2/c1(5-3-8-5)7-2-6-4-9-6;4-2-1-3-5/h5-6H,1-4H2;4-5H,1-3H2. The van der Waals surface area contributed by atoms with Crippen LogP contribution in [0.5, 0.6) is 0 Å². The van der Waals surface area contributed by atoms with Crippen LogP contribution >= 0.6 is 0 Å². The molecule has 0 aromatic carbocycles. The lowest BCUT2D eigenvalue weighted by Crippen LogP contribution is -2.06. The highest BCUT2D eigenvalue weighted by atomic mass is 16.6. The van der Waals surface area contributed by atoms with Gasteiger partial charge in [0.1, 0.15) is 12.2 Å². The molecule has 0 spiro atoms. The van der Waals surface area contributed by atoms with E-state index in [9.17, 15) is 0 Å². The number of aliphatic hydroxyl groups excluding tert-OH is 2. The van der Waals surface area contributed by atoms with Gasteiger partial charge in [-0.2, -0.15) is 0 Å². The lowest BCUT2D eigenvalue weighted by molar-refractivity contribution is 0.102. The van der Waals surface area contributed by atoms with E-state index in [1.54, 1.807) is 0 Å². The van der Waals surface area contributed by atoms with Crippen LogP contribution < -0.4 is 0 Å². The van der Waals surface area contributed by atoms with Crippen molar-refractivity contribution in [2.24, 2.45) is 0 Å². The molecule has 5 nitrogen and oxygen atoms in total. The van der Waals surface area contributed by atoms with Crippen molar-refractivity contribution >= 4 is 0 Å². The van der Waals surface area contributed by atoms with E-state index in [1.807, 2.05) is 0 Å². The molecule has 2 rings (SSSR count). The summed E-state index contributed by atoms with van der Waals surface area (Å²) in [5, 5.41) is 15.8. The average molecular weight is 206 g/mol. The van der Waals surface area contributed by atoms with Gasteiger partial charge in [-0.25, -0.2) is 0 Å². The molecule has 2 unspecified atom stereocenters. The van der Waals surface area contributed by atoms with Crippen LogP contribution in [0.4, 0.5) is 0 Å². The number of aliphatic hydroxyl groups is 2. The molecule has 2 N–H and O–H groups in total. The fraction of sp³-hybridized carbons (Fsp3) is 1.00. The first-order chi connectivity index (χ1) is 6.86. The summed E-state index contributed by atoms with van der Waals surface area (Å²) in [5.74, 6) is 0. The van der Waals surface area contributed by atoms with Crippen molar-refractivity contribution in [3.05, 3.63) is 0 Å². The zero-order valence-corrected chi connectivity index (χ0v) is 8.22. The van der Waals surface area contributed by atoms with Crippen LogP contribution in [0.3, 0.4) is 0 Å². The summed E-state index contributed by atoms with van der Waals surface area (Å²) in [7, 11) is 0. The molecule has 14 heavy (non-hydrogen) atoms. The van der Waals surface area contributed by atoms with Crippen LogP contribution in [0.1, 0.15) is 6.42 Å². The topological polar surface area (TPSA) is 74.8 Å².